The predicted octanol–water partition coefficient (Wildman–Crippen LogP) is 2.87. The largest absolute Gasteiger partial charge is 0.353 e. The predicted molar refractivity (Wildman–Crippen MR) is 101 cm³/mol. The summed E-state index contributed by atoms with van der Waals surface area (Å²) in [5.41, 5.74) is 1.08. The molecule has 28 heavy (non-hydrogen) atoms. The van der Waals surface area contributed by atoms with Crippen LogP contribution >= 0.6 is 0 Å². The van der Waals surface area contributed by atoms with E-state index < -0.39 is 26.6 Å². The van der Waals surface area contributed by atoms with Gasteiger partial charge in [0.05, 0.1) is 0 Å². The molecule has 0 radical (unpaired) electrons. The molecule has 0 spiro atoms. The number of carbonyl (C=O) groups is 1. The minimum absolute atomic E-state index is 0.0821. The van der Waals surface area contributed by atoms with Gasteiger partial charge >= 0.3 is 0 Å². The molecule has 8 heteroatoms. The highest BCUT2D eigenvalue weighted by molar-refractivity contribution is 7.89. The SMILES string of the molecule is O=C(CCc1ccccc1)NC1CCN(S(=O)(=O)c2cc(F)ccc2F)CC1. The third-order valence-corrected chi connectivity index (χ3v) is 6.73. The number of benzene rings is 2. The lowest BCUT2D eigenvalue weighted by Gasteiger charge is -2.31. The number of hydrogen-bond donors (Lipinski definition) is 1. The Labute approximate surface area is 163 Å². The van der Waals surface area contributed by atoms with E-state index in [4.69, 9.17) is 0 Å². The number of amides is 1. The van der Waals surface area contributed by atoms with Gasteiger partial charge < -0.3 is 5.32 Å². The Balaban J connectivity index is 1.52. The van der Waals surface area contributed by atoms with E-state index in [0.29, 0.717) is 31.7 Å². The van der Waals surface area contributed by atoms with Crippen LogP contribution in [0.15, 0.2) is 53.4 Å². The summed E-state index contributed by atoms with van der Waals surface area (Å²) in [4.78, 5) is 11.5. The summed E-state index contributed by atoms with van der Waals surface area (Å²) in [6.45, 7) is 0.282. The number of carbonyl (C=O) groups excluding carboxylic acids is 1. The van der Waals surface area contributed by atoms with Crippen molar-refractivity contribution in [1.82, 2.24) is 9.62 Å². The molecule has 2 aromatic carbocycles. The second-order valence-corrected chi connectivity index (χ2v) is 8.71. The van der Waals surface area contributed by atoms with Gasteiger partial charge in [-0.05, 0) is 43.0 Å². The van der Waals surface area contributed by atoms with Crippen LogP contribution in [-0.2, 0) is 21.2 Å². The molecule has 0 aliphatic carbocycles. The molecule has 1 fully saturated rings. The minimum Gasteiger partial charge on any atom is -0.353 e. The molecule has 1 heterocycles. The number of aryl methyl sites for hydroxylation is 1. The van der Waals surface area contributed by atoms with E-state index in [1.165, 1.54) is 0 Å². The molecule has 0 unspecified atom stereocenters. The molecule has 1 aliphatic heterocycles. The van der Waals surface area contributed by atoms with Crippen LogP contribution in [0.5, 0.6) is 0 Å². The lowest BCUT2D eigenvalue weighted by atomic mass is 10.1. The van der Waals surface area contributed by atoms with Gasteiger partial charge in [0, 0.05) is 25.6 Å². The molecule has 150 valence electrons. The summed E-state index contributed by atoms with van der Waals surface area (Å²) in [5.74, 6) is -1.86. The highest BCUT2D eigenvalue weighted by atomic mass is 32.2. The van der Waals surface area contributed by atoms with Crippen LogP contribution in [0.4, 0.5) is 8.78 Å². The fourth-order valence-corrected chi connectivity index (χ4v) is 4.80. The van der Waals surface area contributed by atoms with Gasteiger partial charge in [-0.25, -0.2) is 17.2 Å². The maximum Gasteiger partial charge on any atom is 0.246 e. The summed E-state index contributed by atoms with van der Waals surface area (Å²) in [6.07, 6.45) is 1.84. The van der Waals surface area contributed by atoms with Crippen molar-refractivity contribution >= 4 is 15.9 Å². The zero-order chi connectivity index (χ0) is 20.1. The number of halogens is 2. The maximum absolute atomic E-state index is 13.9. The lowest BCUT2D eigenvalue weighted by molar-refractivity contribution is -0.122. The van der Waals surface area contributed by atoms with E-state index in [9.17, 15) is 22.0 Å². The van der Waals surface area contributed by atoms with Crippen LogP contribution in [0.25, 0.3) is 0 Å². The van der Waals surface area contributed by atoms with Crippen molar-refractivity contribution in [1.29, 1.82) is 0 Å². The number of sulfonamides is 1. The molecule has 1 aliphatic rings. The fourth-order valence-electron chi connectivity index (χ4n) is 3.26. The van der Waals surface area contributed by atoms with Crippen molar-refractivity contribution in [2.75, 3.05) is 13.1 Å². The zero-order valence-electron chi connectivity index (χ0n) is 15.3. The Morgan fingerprint density at radius 1 is 1.07 bits per heavy atom. The Morgan fingerprint density at radius 2 is 1.75 bits per heavy atom. The molecule has 5 nitrogen and oxygen atoms in total. The van der Waals surface area contributed by atoms with Crippen LogP contribution in [0.3, 0.4) is 0 Å². The van der Waals surface area contributed by atoms with E-state index in [2.05, 4.69) is 5.32 Å². The number of rotatable bonds is 6. The molecule has 3 rings (SSSR count). The lowest BCUT2D eigenvalue weighted by Crippen LogP contribution is -2.46. The van der Waals surface area contributed by atoms with E-state index in [0.717, 1.165) is 22.0 Å². The van der Waals surface area contributed by atoms with Gasteiger partial charge in [-0.3, -0.25) is 4.79 Å². The van der Waals surface area contributed by atoms with Gasteiger partial charge in [-0.15, -0.1) is 0 Å². The Kier molecular flexibility index (Phi) is 6.41. The van der Waals surface area contributed by atoms with Gasteiger partial charge in [-0.2, -0.15) is 4.31 Å². The van der Waals surface area contributed by atoms with Gasteiger partial charge in [0.1, 0.15) is 16.5 Å². The van der Waals surface area contributed by atoms with Crippen LogP contribution in [0, 0.1) is 11.6 Å². The number of nitrogens with one attached hydrogen (secondary N) is 1. The van der Waals surface area contributed by atoms with Crippen molar-refractivity contribution in [2.24, 2.45) is 0 Å². The van der Waals surface area contributed by atoms with Gasteiger partial charge in [-0.1, -0.05) is 30.3 Å². The van der Waals surface area contributed by atoms with Crippen LogP contribution < -0.4 is 5.32 Å². The van der Waals surface area contributed by atoms with Gasteiger partial charge in [0.2, 0.25) is 15.9 Å². The van der Waals surface area contributed by atoms with Crippen molar-refractivity contribution in [2.45, 2.75) is 36.6 Å². The van der Waals surface area contributed by atoms with E-state index in [1.807, 2.05) is 30.3 Å². The van der Waals surface area contributed by atoms with Crippen molar-refractivity contribution in [3.8, 4) is 0 Å². The molecule has 0 aromatic heterocycles. The van der Waals surface area contributed by atoms with Gasteiger partial charge in [0.25, 0.3) is 0 Å². The highest BCUT2D eigenvalue weighted by Gasteiger charge is 2.32. The molecule has 1 amide bonds. The topological polar surface area (TPSA) is 66.5 Å². The standard InChI is InChI=1S/C20H22F2N2O3S/c21-16-7-8-18(22)19(14-16)28(26,27)24-12-10-17(11-13-24)23-20(25)9-6-15-4-2-1-3-5-15/h1-5,7-8,14,17H,6,9-13H2,(H,23,25). The summed E-state index contributed by atoms with van der Waals surface area (Å²) in [7, 11) is -4.11. The first kappa shape index (κ1) is 20.4. The van der Waals surface area contributed by atoms with E-state index in [1.54, 1.807) is 0 Å². The van der Waals surface area contributed by atoms with Crippen molar-refractivity contribution in [3.05, 3.63) is 65.7 Å². The Bertz CT molecular complexity index is 928. The molecular formula is C20H22F2N2O3S. The molecule has 0 saturated carbocycles. The highest BCUT2D eigenvalue weighted by Crippen LogP contribution is 2.23. The summed E-state index contributed by atoms with van der Waals surface area (Å²) < 4.78 is 53.5. The first-order valence-corrected chi connectivity index (χ1v) is 10.6. The summed E-state index contributed by atoms with van der Waals surface area (Å²) in [5, 5.41) is 2.93. The monoisotopic (exact) mass is 408 g/mol. The molecule has 2 aromatic rings. The zero-order valence-corrected chi connectivity index (χ0v) is 16.1. The second kappa shape index (κ2) is 8.79. The average Bonchev–Trinajstić information content (AvgIpc) is 2.69. The van der Waals surface area contributed by atoms with Crippen LogP contribution in [-0.4, -0.2) is 37.8 Å². The number of nitrogens with zero attached hydrogens (tertiary/aromatic N) is 1. The Hall–Kier alpha value is -2.32. The number of hydrogen-bond acceptors (Lipinski definition) is 3. The minimum atomic E-state index is -4.11. The molecule has 1 N–H and O–H groups in total. The number of piperidine rings is 1. The average molecular weight is 408 g/mol. The first-order chi connectivity index (χ1) is 13.4. The fraction of sp³-hybridized carbons (Fsp3) is 0.350. The molecular weight excluding hydrogens is 386 g/mol. The summed E-state index contributed by atoms with van der Waals surface area (Å²) >= 11 is 0. The maximum atomic E-state index is 13.9. The van der Waals surface area contributed by atoms with Crippen molar-refractivity contribution in [3.63, 3.8) is 0 Å². The van der Waals surface area contributed by atoms with Crippen LogP contribution in [0.2, 0.25) is 0 Å². The normalized spacial score (nSPS) is 16.1. The van der Waals surface area contributed by atoms with Crippen molar-refractivity contribution < 1.29 is 22.0 Å². The third kappa shape index (κ3) is 4.94. The quantitative estimate of drug-likeness (QED) is 0.799. The molecule has 1 saturated heterocycles. The first-order valence-electron chi connectivity index (χ1n) is 9.15. The van der Waals surface area contributed by atoms with E-state index >= 15 is 0 Å². The van der Waals surface area contributed by atoms with E-state index in [-0.39, 0.29) is 25.0 Å². The van der Waals surface area contributed by atoms with Crippen LogP contribution in [0.1, 0.15) is 24.8 Å². The third-order valence-electron chi connectivity index (χ3n) is 4.81. The summed E-state index contributed by atoms with van der Waals surface area (Å²) in [6, 6.07) is 11.9. The smallest absolute Gasteiger partial charge is 0.246 e. The Morgan fingerprint density at radius 3 is 2.43 bits per heavy atom. The van der Waals surface area contributed by atoms with Gasteiger partial charge in [0.15, 0.2) is 0 Å². The molecule has 0 atom stereocenters. The second-order valence-electron chi connectivity index (χ2n) is 6.81. The molecule has 0 bridgehead atoms.